The van der Waals surface area contributed by atoms with Crippen LogP contribution in [0.3, 0.4) is 0 Å². The van der Waals surface area contributed by atoms with Gasteiger partial charge in [0, 0.05) is 17.6 Å². The lowest BCUT2D eigenvalue weighted by atomic mass is 10.2. The molecule has 0 atom stereocenters. The predicted octanol–water partition coefficient (Wildman–Crippen LogP) is 2.84. The fraction of sp³-hybridized carbons (Fsp3) is 0.231. The quantitative estimate of drug-likeness (QED) is 0.905. The van der Waals surface area contributed by atoms with Crippen LogP contribution in [0.15, 0.2) is 33.3 Å². The Kier molecular flexibility index (Phi) is 4.75. The monoisotopic (exact) mass is 340 g/mol. The molecule has 0 bridgehead atoms. The normalized spacial score (nSPS) is 10.3. The van der Waals surface area contributed by atoms with Gasteiger partial charge in [0.05, 0.1) is 12.8 Å². The average Bonchev–Trinajstić information content (AvgIpc) is 2.88. The minimum absolute atomic E-state index is 0.180. The summed E-state index contributed by atoms with van der Waals surface area (Å²) in [5.41, 5.74) is 0.724. The van der Waals surface area contributed by atoms with Gasteiger partial charge in [-0.1, -0.05) is 21.1 Å². The summed E-state index contributed by atoms with van der Waals surface area (Å²) in [6, 6.07) is 6.84. The van der Waals surface area contributed by atoms with Crippen LogP contribution in [0.5, 0.6) is 5.75 Å². The van der Waals surface area contributed by atoms with E-state index in [0.717, 1.165) is 4.47 Å². The highest BCUT2D eigenvalue weighted by molar-refractivity contribution is 9.10. The maximum absolute atomic E-state index is 12.1. The molecular formula is C13H13BrN2O4. The Hall–Kier alpha value is -1.86. The van der Waals surface area contributed by atoms with Crippen molar-refractivity contribution in [3.8, 4) is 5.75 Å². The van der Waals surface area contributed by atoms with E-state index in [1.807, 2.05) is 6.07 Å². The van der Waals surface area contributed by atoms with Crippen LogP contribution in [0, 0.1) is 0 Å². The van der Waals surface area contributed by atoms with Crippen molar-refractivity contribution in [1.82, 2.24) is 5.16 Å². The molecule has 0 unspecified atom stereocenters. The van der Waals surface area contributed by atoms with Crippen molar-refractivity contribution in [3.63, 3.8) is 0 Å². The van der Waals surface area contributed by atoms with E-state index >= 15 is 0 Å². The Morgan fingerprint density at radius 1 is 1.40 bits per heavy atom. The van der Waals surface area contributed by atoms with Gasteiger partial charge in [-0.15, -0.1) is 0 Å². The number of carbonyl (C=O) groups is 1. The summed E-state index contributed by atoms with van der Waals surface area (Å²) < 4.78 is 15.9. The molecule has 1 amide bonds. The van der Waals surface area contributed by atoms with Crippen LogP contribution in [0.25, 0.3) is 0 Å². The summed E-state index contributed by atoms with van der Waals surface area (Å²) in [6.45, 7) is 0.264. The van der Waals surface area contributed by atoms with E-state index in [0.29, 0.717) is 17.2 Å². The number of halogens is 1. The van der Waals surface area contributed by atoms with Crippen LogP contribution < -0.4 is 10.1 Å². The summed E-state index contributed by atoms with van der Waals surface area (Å²) in [4.78, 5) is 12.1. The number of ether oxygens (including phenoxy) is 2. The fourth-order valence-corrected chi connectivity index (χ4v) is 1.96. The number of nitrogens with zero attached hydrogens (tertiary/aromatic N) is 1. The number of hydrogen-bond donors (Lipinski definition) is 1. The Morgan fingerprint density at radius 2 is 2.20 bits per heavy atom. The van der Waals surface area contributed by atoms with Gasteiger partial charge in [0.1, 0.15) is 12.4 Å². The third kappa shape index (κ3) is 3.37. The molecule has 20 heavy (non-hydrogen) atoms. The van der Waals surface area contributed by atoms with E-state index < -0.39 is 0 Å². The minimum Gasteiger partial charge on any atom is -0.495 e. The first-order valence-electron chi connectivity index (χ1n) is 5.73. The minimum atomic E-state index is -0.382. The Bertz CT molecular complexity index is 612. The zero-order chi connectivity index (χ0) is 14.5. The SMILES string of the molecule is COCc1cc(C(=O)Nc2cc(Br)ccc2OC)no1. The lowest BCUT2D eigenvalue weighted by Crippen LogP contribution is -2.13. The number of methoxy groups -OCH3 is 2. The second kappa shape index (κ2) is 6.53. The third-order valence-corrected chi connectivity index (χ3v) is 2.98. The van der Waals surface area contributed by atoms with Crippen molar-refractivity contribution < 1.29 is 18.8 Å². The molecule has 6 nitrogen and oxygen atoms in total. The molecule has 0 saturated carbocycles. The summed E-state index contributed by atoms with van der Waals surface area (Å²) in [5, 5.41) is 6.41. The van der Waals surface area contributed by atoms with Crippen molar-refractivity contribution in [3.05, 3.63) is 40.2 Å². The molecule has 1 aromatic heterocycles. The molecule has 0 spiro atoms. The first kappa shape index (κ1) is 14.5. The van der Waals surface area contributed by atoms with Crippen molar-refractivity contribution in [1.29, 1.82) is 0 Å². The molecule has 2 aromatic rings. The number of rotatable bonds is 5. The molecule has 1 N–H and O–H groups in total. The molecule has 1 heterocycles. The number of benzene rings is 1. The second-order valence-electron chi connectivity index (χ2n) is 3.91. The molecule has 7 heteroatoms. The molecule has 0 saturated heterocycles. The molecule has 0 aliphatic heterocycles. The molecule has 0 aliphatic carbocycles. The zero-order valence-corrected chi connectivity index (χ0v) is 12.6. The Labute approximate surface area is 124 Å². The summed E-state index contributed by atoms with van der Waals surface area (Å²) >= 11 is 3.34. The Balaban J connectivity index is 2.16. The second-order valence-corrected chi connectivity index (χ2v) is 4.83. The van der Waals surface area contributed by atoms with E-state index in [1.165, 1.54) is 20.3 Å². The fourth-order valence-electron chi connectivity index (χ4n) is 1.59. The molecule has 0 fully saturated rings. The molecule has 2 rings (SSSR count). The van der Waals surface area contributed by atoms with Crippen molar-refractivity contribution in [2.24, 2.45) is 0 Å². The van der Waals surface area contributed by atoms with Crippen LogP contribution in [0.4, 0.5) is 5.69 Å². The van der Waals surface area contributed by atoms with Gasteiger partial charge < -0.3 is 19.3 Å². The Morgan fingerprint density at radius 3 is 2.90 bits per heavy atom. The van der Waals surface area contributed by atoms with Gasteiger partial charge in [0.25, 0.3) is 5.91 Å². The summed E-state index contributed by atoms with van der Waals surface area (Å²) in [6.07, 6.45) is 0. The topological polar surface area (TPSA) is 73.6 Å². The van der Waals surface area contributed by atoms with Gasteiger partial charge in [0.2, 0.25) is 0 Å². The molecule has 106 valence electrons. The van der Waals surface area contributed by atoms with E-state index in [1.54, 1.807) is 12.1 Å². The van der Waals surface area contributed by atoms with E-state index in [4.69, 9.17) is 14.0 Å². The maximum Gasteiger partial charge on any atom is 0.277 e. The van der Waals surface area contributed by atoms with Gasteiger partial charge >= 0.3 is 0 Å². The number of amides is 1. The zero-order valence-electron chi connectivity index (χ0n) is 11.0. The predicted molar refractivity (Wildman–Crippen MR) is 75.9 cm³/mol. The van der Waals surface area contributed by atoms with Gasteiger partial charge in [-0.3, -0.25) is 4.79 Å². The maximum atomic E-state index is 12.1. The van der Waals surface area contributed by atoms with Crippen molar-refractivity contribution >= 4 is 27.5 Å². The van der Waals surface area contributed by atoms with Crippen LogP contribution in [-0.4, -0.2) is 25.3 Å². The molecular weight excluding hydrogens is 328 g/mol. The van der Waals surface area contributed by atoms with E-state index in [2.05, 4.69) is 26.4 Å². The molecule has 0 aliphatic rings. The molecule has 0 radical (unpaired) electrons. The van der Waals surface area contributed by atoms with E-state index in [9.17, 15) is 4.79 Å². The number of hydrogen-bond acceptors (Lipinski definition) is 5. The highest BCUT2D eigenvalue weighted by Gasteiger charge is 2.15. The first-order chi connectivity index (χ1) is 9.63. The smallest absolute Gasteiger partial charge is 0.277 e. The van der Waals surface area contributed by atoms with E-state index in [-0.39, 0.29) is 18.2 Å². The number of anilines is 1. The van der Waals surface area contributed by atoms with Gasteiger partial charge in [-0.25, -0.2) is 0 Å². The van der Waals surface area contributed by atoms with Crippen LogP contribution >= 0.6 is 15.9 Å². The standard InChI is InChI=1S/C13H13BrN2O4/c1-18-7-9-6-11(16-20-9)13(17)15-10-5-8(14)3-4-12(10)19-2/h3-6H,7H2,1-2H3,(H,15,17). The first-order valence-corrected chi connectivity index (χ1v) is 6.52. The van der Waals surface area contributed by atoms with Crippen LogP contribution in [-0.2, 0) is 11.3 Å². The lowest BCUT2D eigenvalue weighted by Gasteiger charge is -2.09. The van der Waals surface area contributed by atoms with Gasteiger partial charge in [0.15, 0.2) is 11.5 Å². The summed E-state index contributed by atoms with van der Waals surface area (Å²) in [7, 11) is 3.07. The van der Waals surface area contributed by atoms with Gasteiger partial charge in [-0.05, 0) is 18.2 Å². The van der Waals surface area contributed by atoms with Crippen LogP contribution in [0.1, 0.15) is 16.2 Å². The summed E-state index contributed by atoms with van der Waals surface area (Å²) in [5.74, 6) is 0.661. The number of aromatic nitrogens is 1. The van der Waals surface area contributed by atoms with Gasteiger partial charge in [-0.2, -0.15) is 0 Å². The van der Waals surface area contributed by atoms with Crippen molar-refractivity contribution in [2.75, 3.05) is 19.5 Å². The number of nitrogens with one attached hydrogen (secondary N) is 1. The van der Waals surface area contributed by atoms with Crippen LogP contribution in [0.2, 0.25) is 0 Å². The van der Waals surface area contributed by atoms with Crippen molar-refractivity contribution in [2.45, 2.75) is 6.61 Å². The molecule has 1 aromatic carbocycles. The lowest BCUT2D eigenvalue weighted by molar-refractivity contribution is 0.101. The highest BCUT2D eigenvalue weighted by atomic mass is 79.9. The highest BCUT2D eigenvalue weighted by Crippen LogP contribution is 2.28. The average molecular weight is 341 g/mol. The third-order valence-electron chi connectivity index (χ3n) is 2.49. The number of carbonyl (C=O) groups excluding carboxylic acids is 1. The largest absolute Gasteiger partial charge is 0.495 e.